The van der Waals surface area contributed by atoms with Gasteiger partial charge in [-0.15, -0.1) is 5.10 Å². The van der Waals surface area contributed by atoms with E-state index in [-0.39, 0.29) is 12.4 Å². The first-order chi connectivity index (χ1) is 13.8. The number of nitrogens with zero attached hydrogens (tertiary/aromatic N) is 4. The van der Waals surface area contributed by atoms with E-state index >= 15 is 0 Å². The highest BCUT2D eigenvalue weighted by atomic mass is 19.1. The van der Waals surface area contributed by atoms with E-state index in [0.717, 1.165) is 24.5 Å². The molecule has 3 aromatic rings. The molecule has 7 nitrogen and oxygen atoms in total. The molecular weight excluding hydrogens is 359 g/mol. The van der Waals surface area contributed by atoms with Gasteiger partial charge in [0.2, 0.25) is 5.95 Å². The Labute approximate surface area is 162 Å². The standard InChI is InChI=1S/C20H21FN6O/c21-16-6-2-1-5-15(16)13-22-20-25-19(14-23-26-20)24-17-7-3-4-8-18(17)27-9-11-28-12-10-27/h1-8,14H,9-13H2,(H2,22,24,25,26). The highest BCUT2D eigenvalue weighted by molar-refractivity contribution is 5.74. The molecule has 28 heavy (non-hydrogen) atoms. The van der Waals surface area contributed by atoms with E-state index in [0.29, 0.717) is 30.5 Å². The minimum Gasteiger partial charge on any atom is -0.378 e. The first-order valence-corrected chi connectivity index (χ1v) is 9.15. The average molecular weight is 380 g/mol. The number of rotatable bonds is 6. The largest absolute Gasteiger partial charge is 0.378 e. The summed E-state index contributed by atoms with van der Waals surface area (Å²) in [4.78, 5) is 6.71. The Morgan fingerprint density at radius 3 is 2.68 bits per heavy atom. The van der Waals surface area contributed by atoms with Gasteiger partial charge in [0, 0.05) is 25.2 Å². The van der Waals surface area contributed by atoms with Gasteiger partial charge in [-0.05, 0) is 18.2 Å². The van der Waals surface area contributed by atoms with Crippen LogP contribution in [0.1, 0.15) is 5.56 Å². The van der Waals surface area contributed by atoms with E-state index in [1.807, 2.05) is 18.2 Å². The fourth-order valence-electron chi connectivity index (χ4n) is 3.05. The Morgan fingerprint density at radius 2 is 1.82 bits per heavy atom. The van der Waals surface area contributed by atoms with Gasteiger partial charge in [-0.25, -0.2) is 4.39 Å². The molecule has 0 unspecified atom stereocenters. The van der Waals surface area contributed by atoms with Crippen molar-refractivity contribution in [1.82, 2.24) is 15.2 Å². The molecular formula is C20H21FN6O. The van der Waals surface area contributed by atoms with Crippen molar-refractivity contribution < 1.29 is 9.13 Å². The number of anilines is 4. The summed E-state index contributed by atoms with van der Waals surface area (Å²) < 4.78 is 19.2. The summed E-state index contributed by atoms with van der Waals surface area (Å²) in [5.74, 6) is 0.625. The van der Waals surface area contributed by atoms with Crippen molar-refractivity contribution in [1.29, 1.82) is 0 Å². The summed E-state index contributed by atoms with van der Waals surface area (Å²) in [6, 6.07) is 14.6. The first kappa shape index (κ1) is 18.1. The molecule has 1 saturated heterocycles. The molecule has 0 bridgehead atoms. The number of ether oxygens (including phenoxy) is 1. The summed E-state index contributed by atoms with van der Waals surface area (Å²) in [5, 5.41) is 14.3. The van der Waals surface area contributed by atoms with Crippen LogP contribution >= 0.6 is 0 Å². The third-order valence-corrected chi connectivity index (χ3v) is 4.47. The lowest BCUT2D eigenvalue weighted by Crippen LogP contribution is -2.36. The molecule has 0 aliphatic carbocycles. The molecule has 0 radical (unpaired) electrons. The molecule has 0 atom stereocenters. The van der Waals surface area contributed by atoms with Crippen LogP contribution in [0.15, 0.2) is 54.7 Å². The van der Waals surface area contributed by atoms with Gasteiger partial charge in [-0.2, -0.15) is 10.1 Å². The molecule has 2 heterocycles. The van der Waals surface area contributed by atoms with Crippen molar-refractivity contribution in [2.45, 2.75) is 6.54 Å². The number of hydrogen-bond donors (Lipinski definition) is 2. The fraction of sp³-hybridized carbons (Fsp3) is 0.250. The lowest BCUT2D eigenvalue weighted by atomic mass is 10.2. The summed E-state index contributed by atoms with van der Waals surface area (Å²) in [6.45, 7) is 3.40. The van der Waals surface area contributed by atoms with E-state index in [1.165, 1.54) is 6.07 Å². The van der Waals surface area contributed by atoms with E-state index in [1.54, 1.807) is 24.4 Å². The maximum Gasteiger partial charge on any atom is 0.244 e. The van der Waals surface area contributed by atoms with E-state index in [4.69, 9.17) is 4.74 Å². The second-order valence-corrected chi connectivity index (χ2v) is 6.35. The summed E-state index contributed by atoms with van der Waals surface area (Å²) in [6.07, 6.45) is 1.56. The number of aromatic nitrogens is 3. The molecule has 1 aliphatic heterocycles. The van der Waals surface area contributed by atoms with Crippen molar-refractivity contribution in [2.75, 3.05) is 41.8 Å². The Kier molecular flexibility index (Phi) is 5.58. The topological polar surface area (TPSA) is 75.2 Å². The Bertz CT molecular complexity index is 932. The summed E-state index contributed by atoms with van der Waals surface area (Å²) >= 11 is 0. The van der Waals surface area contributed by atoms with Crippen LogP contribution in [0, 0.1) is 5.82 Å². The third kappa shape index (κ3) is 4.34. The second-order valence-electron chi connectivity index (χ2n) is 6.35. The molecule has 4 rings (SSSR count). The van der Waals surface area contributed by atoms with Gasteiger partial charge in [0.25, 0.3) is 0 Å². The van der Waals surface area contributed by atoms with Gasteiger partial charge in [-0.3, -0.25) is 0 Å². The zero-order valence-corrected chi connectivity index (χ0v) is 15.3. The predicted molar refractivity (Wildman–Crippen MR) is 106 cm³/mol. The first-order valence-electron chi connectivity index (χ1n) is 9.15. The lowest BCUT2D eigenvalue weighted by Gasteiger charge is -2.30. The molecule has 0 saturated carbocycles. The lowest BCUT2D eigenvalue weighted by molar-refractivity contribution is 0.123. The van der Waals surface area contributed by atoms with Crippen molar-refractivity contribution in [3.8, 4) is 0 Å². The van der Waals surface area contributed by atoms with Gasteiger partial charge in [-0.1, -0.05) is 30.3 Å². The monoisotopic (exact) mass is 380 g/mol. The Morgan fingerprint density at radius 1 is 1.04 bits per heavy atom. The molecule has 1 aliphatic rings. The molecule has 0 spiro atoms. The van der Waals surface area contributed by atoms with Gasteiger partial charge >= 0.3 is 0 Å². The van der Waals surface area contributed by atoms with Crippen molar-refractivity contribution >= 4 is 23.1 Å². The van der Waals surface area contributed by atoms with Crippen LogP contribution in [-0.4, -0.2) is 41.5 Å². The van der Waals surface area contributed by atoms with Gasteiger partial charge < -0.3 is 20.3 Å². The SMILES string of the molecule is Fc1ccccc1CNc1nncc(Nc2ccccc2N2CCOCC2)n1. The Balaban J connectivity index is 1.47. The fourth-order valence-corrected chi connectivity index (χ4v) is 3.05. The molecule has 0 amide bonds. The molecule has 8 heteroatoms. The quantitative estimate of drug-likeness (QED) is 0.680. The van der Waals surface area contributed by atoms with Crippen LogP contribution in [-0.2, 0) is 11.3 Å². The van der Waals surface area contributed by atoms with Crippen molar-refractivity contribution in [3.63, 3.8) is 0 Å². The molecule has 1 fully saturated rings. The van der Waals surface area contributed by atoms with Crippen LogP contribution in [0.5, 0.6) is 0 Å². The predicted octanol–water partition coefficient (Wildman–Crippen LogP) is 3.20. The molecule has 2 aromatic carbocycles. The highest BCUT2D eigenvalue weighted by Gasteiger charge is 2.15. The summed E-state index contributed by atoms with van der Waals surface area (Å²) in [5.41, 5.74) is 2.57. The van der Waals surface area contributed by atoms with Crippen LogP contribution in [0.4, 0.5) is 27.5 Å². The smallest absolute Gasteiger partial charge is 0.244 e. The van der Waals surface area contributed by atoms with E-state index in [9.17, 15) is 4.39 Å². The third-order valence-electron chi connectivity index (χ3n) is 4.47. The summed E-state index contributed by atoms with van der Waals surface area (Å²) in [7, 11) is 0. The van der Waals surface area contributed by atoms with E-state index < -0.39 is 0 Å². The van der Waals surface area contributed by atoms with Crippen LogP contribution in [0.2, 0.25) is 0 Å². The van der Waals surface area contributed by atoms with Gasteiger partial charge in [0.15, 0.2) is 5.82 Å². The maximum absolute atomic E-state index is 13.8. The number of nitrogens with one attached hydrogen (secondary N) is 2. The van der Waals surface area contributed by atoms with E-state index in [2.05, 4.69) is 36.8 Å². The second kappa shape index (κ2) is 8.62. The number of benzene rings is 2. The average Bonchev–Trinajstić information content (AvgIpc) is 2.74. The highest BCUT2D eigenvalue weighted by Crippen LogP contribution is 2.28. The number of hydrogen-bond acceptors (Lipinski definition) is 7. The molecule has 1 aromatic heterocycles. The van der Waals surface area contributed by atoms with Gasteiger partial charge in [0.05, 0.1) is 30.8 Å². The normalized spacial score (nSPS) is 14.0. The van der Waals surface area contributed by atoms with Crippen LogP contribution in [0.25, 0.3) is 0 Å². The van der Waals surface area contributed by atoms with Crippen molar-refractivity contribution in [2.24, 2.45) is 0 Å². The zero-order chi connectivity index (χ0) is 19.2. The Hall–Kier alpha value is -3.26. The number of halogens is 1. The number of para-hydroxylation sites is 2. The minimum absolute atomic E-state index is 0.267. The molecule has 144 valence electrons. The zero-order valence-electron chi connectivity index (χ0n) is 15.3. The minimum atomic E-state index is -0.267. The number of morpholine rings is 1. The van der Waals surface area contributed by atoms with Gasteiger partial charge in [0.1, 0.15) is 5.82 Å². The van der Waals surface area contributed by atoms with Crippen LogP contribution in [0.3, 0.4) is 0 Å². The van der Waals surface area contributed by atoms with Crippen LogP contribution < -0.4 is 15.5 Å². The molecule has 2 N–H and O–H groups in total. The maximum atomic E-state index is 13.8. The van der Waals surface area contributed by atoms with Crippen molar-refractivity contribution in [3.05, 3.63) is 66.1 Å².